The Hall–Kier alpha value is -8.84. The van der Waals surface area contributed by atoms with E-state index in [-0.39, 0.29) is 11.3 Å². The molecule has 0 saturated heterocycles. The number of benzene rings is 19. The molecule has 5 aliphatic rings. The lowest BCUT2D eigenvalue weighted by Crippen LogP contribution is -2.61. The molecule has 5 aliphatic carbocycles. The summed E-state index contributed by atoms with van der Waals surface area (Å²) in [6.07, 6.45) is 9.12. The van der Waals surface area contributed by atoms with Gasteiger partial charge in [-0.2, -0.15) is 0 Å². The summed E-state index contributed by atoms with van der Waals surface area (Å²) in [6.45, 7) is 7.97. The molecule has 0 amide bonds. The van der Waals surface area contributed by atoms with Crippen LogP contribution in [0.1, 0.15) is 60.9 Å². The summed E-state index contributed by atoms with van der Waals surface area (Å²) in [6, 6.07) is 12.3. The highest BCUT2D eigenvalue weighted by molar-refractivity contribution is 6.82. The predicted molar refractivity (Wildman–Crippen MR) is 324 cm³/mol. The van der Waals surface area contributed by atoms with Gasteiger partial charge in [-0.15, -0.1) is 0 Å². The van der Waals surface area contributed by atoms with Crippen molar-refractivity contribution in [1.29, 1.82) is 0 Å². The fourth-order valence-corrected chi connectivity index (χ4v) is 27.2. The van der Waals surface area contributed by atoms with E-state index in [1.807, 2.05) is 0 Å². The Bertz CT molecular complexity index is 7480. The van der Waals surface area contributed by atoms with Crippen molar-refractivity contribution in [2.45, 2.75) is 43.9 Å². The Morgan fingerprint density at radius 2 is 0.513 bits per heavy atom. The normalized spacial score (nSPS) is 24.9. The second-order valence-electron chi connectivity index (χ2n) is 28.5. The average molecular weight is 933 g/mol. The van der Waals surface area contributed by atoms with E-state index in [1.165, 1.54) is 11.1 Å². The van der Waals surface area contributed by atoms with E-state index in [4.69, 9.17) is 0 Å². The van der Waals surface area contributed by atoms with Gasteiger partial charge in [0, 0.05) is 16.7 Å². The molecule has 0 radical (unpaired) electrons. The largest absolute Gasteiger partial charge is 0.0810 e. The smallest absolute Gasteiger partial charge is 0.0457 e. The maximum absolute atomic E-state index is 2.80. The molecule has 34 rings (SSSR count). The van der Waals surface area contributed by atoms with Crippen LogP contribution in [0.5, 0.6) is 0 Å². The van der Waals surface area contributed by atoms with Crippen molar-refractivity contribution < 1.29 is 0 Å². The summed E-state index contributed by atoms with van der Waals surface area (Å²) in [5, 5.41) is 90.1. The van der Waals surface area contributed by atoms with Crippen LogP contribution in [0.25, 0.3) is 291 Å². The zero-order valence-electron chi connectivity index (χ0n) is 40.4. The van der Waals surface area contributed by atoms with Crippen molar-refractivity contribution in [2.24, 2.45) is 5.41 Å². The van der Waals surface area contributed by atoms with Crippen LogP contribution in [-0.2, 0) is 10.8 Å². The first kappa shape index (κ1) is 29.9. The zero-order chi connectivity index (χ0) is 46.1. The van der Waals surface area contributed by atoms with E-state index >= 15 is 0 Å². The Balaban J connectivity index is 1.15. The quantitative estimate of drug-likeness (QED) is 0.144. The van der Waals surface area contributed by atoms with Crippen molar-refractivity contribution in [3.05, 3.63) is 82.0 Å². The van der Waals surface area contributed by atoms with E-state index in [9.17, 15) is 0 Å². The van der Waals surface area contributed by atoms with Gasteiger partial charge in [0.05, 0.1) is 0 Å². The Kier molecular flexibility index (Phi) is 2.73. The molecule has 29 aromatic rings. The summed E-state index contributed by atoms with van der Waals surface area (Å²) in [7, 11) is 0. The number of rotatable bonds is 1. The molecule has 0 nitrogen and oxygen atoms in total. The van der Waals surface area contributed by atoms with Gasteiger partial charge in [-0.1, -0.05) is 68.0 Å². The highest BCUT2D eigenvalue weighted by atomic mass is 14.8. The van der Waals surface area contributed by atoms with Gasteiger partial charge in [0.15, 0.2) is 0 Å². The first-order valence-electron chi connectivity index (χ1n) is 28.8. The number of hydrogen-bond acceptors (Lipinski definition) is 0. The molecule has 0 heterocycles. The fraction of sp³-hybridized carbons (Fsp3) is 0.105. The van der Waals surface area contributed by atoms with Gasteiger partial charge < -0.3 is 0 Å². The minimum Gasteiger partial charge on any atom is -0.0810 e. The molecule has 0 bridgehead atoms. The lowest BCUT2D eigenvalue weighted by molar-refractivity contribution is 0.150. The van der Waals surface area contributed by atoms with Crippen LogP contribution in [0, 0.1) is 5.41 Å². The third kappa shape index (κ3) is 1.66. The van der Waals surface area contributed by atoms with Crippen LogP contribution in [0.3, 0.4) is 0 Å². The molecule has 0 fully saturated rings. The van der Waals surface area contributed by atoms with Crippen molar-refractivity contribution in [1.82, 2.24) is 0 Å². The molecule has 1 atom stereocenters. The van der Waals surface area contributed by atoms with E-state index in [2.05, 4.69) is 69.3 Å². The lowest BCUT2D eigenvalue weighted by atomic mass is 9.37. The SMILES string of the molecule is CC1=C/CC(c2ccccc2)C23c4c5c6c7c8c9c(c%10c%11c2c2c4c4c%12c5c5c6c6c8c8c%13c9c9c%10c%10c%11c%11c2c2c4c4c%12c%12c5c5c6c8c6c8c%13c9c9c%10c%10c%11c2c2c4c4c%12c5c6c5c8c9c%10c2c45)C73C(C)(C)/C=C\1. The van der Waals surface area contributed by atoms with Crippen LogP contribution in [-0.4, -0.2) is 0 Å². The van der Waals surface area contributed by atoms with Gasteiger partial charge in [-0.25, -0.2) is 0 Å². The fourth-order valence-electron chi connectivity index (χ4n) is 27.2. The van der Waals surface area contributed by atoms with Crippen LogP contribution in [0.15, 0.2) is 54.1 Å². The molecule has 0 N–H and O–H groups in total. The van der Waals surface area contributed by atoms with Crippen LogP contribution in [0.2, 0.25) is 0 Å². The van der Waals surface area contributed by atoms with Crippen molar-refractivity contribution >= 4 is 291 Å². The Morgan fingerprint density at radius 3 is 0.763 bits per heavy atom. The Morgan fingerprint density at radius 1 is 0.289 bits per heavy atom. The van der Waals surface area contributed by atoms with E-state index in [0.717, 1.165) is 6.42 Å². The molecule has 29 aromatic carbocycles. The topological polar surface area (TPSA) is 0 Å². The standard InChI is InChI=1S/C76H20/c1-13-9-10-15(14-7-5-4-6-8-14)75-70-62-54-44-34-26-18-16-17-20-24-22(18)30-38-32(24)42-36-28(20)29-21(17)25-23-19(16)27(26)35-41-31(23)39-33(25)43-37(29)47-46(36)58-52(42)60-50(38)56(48(54)40(30)34)64(70)66(60)72-68(58)69-59(47)53(43)61-51(39)57-49(41)55(45(35)44)63(62)71(75)65(57)67(61)73(69)76(72,75)74(2,3)12-11-13/h4-9,11-12,15H,10H2,1-3H3/b12-11-,13-9-. The third-order valence-electron chi connectivity index (χ3n) is 27.5. The first-order valence-corrected chi connectivity index (χ1v) is 28.8. The minimum atomic E-state index is -0.416. The monoisotopic (exact) mass is 932 g/mol. The number of allylic oxidation sites excluding steroid dienone is 4. The highest BCUT2D eigenvalue weighted by Crippen LogP contribution is 2.88. The molecular formula is C76H20. The van der Waals surface area contributed by atoms with Gasteiger partial charge in [0.25, 0.3) is 0 Å². The summed E-state index contributed by atoms with van der Waals surface area (Å²) in [5.74, 6) is 0.193. The second kappa shape index (κ2) is 6.94. The van der Waals surface area contributed by atoms with Crippen molar-refractivity contribution in [3.63, 3.8) is 0 Å². The van der Waals surface area contributed by atoms with E-state index in [0.29, 0.717) is 0 Å². The predicted octanol–water partition coefficient (Wildman–Crippen LogP) is 21.0. The minimum absolute atomic E-state index is 0.193. The molecule has 0 aromatic heterocycles. The zero-order valence-corrected chi connectivity index (χ0v) is 40.4. The van der Waals surface area contributed by atoms with Gasteiger partial charge >= 0.3 is 0 Å². The van der Waals surface area contributed by atoms with E-state index in [1.54, 1.807) is 313 Å². The van der Waals surface area contributed by atoms with Gasteiger partial charge in [-0.05, 0) is 337 Å². The van der Waals surface area contributed by atoms with Gasteiger partial charge in [-0.3, -0.25) is 0 Å². The second-order valence-corrected chi connectivity index (χ2v) is 28.5. The average Bonchev–Trinajstić information content (AvgIpc) is 1.61. The maximum atomic E-state index is 2.80. The third-order valence-corrected chi connectivity index (χ3v) is 27.5. The summed E-state index contributed by atoms with van der Waals surface area (Å²) < 4.78 is 0. The van der Waals surface area contributed by atoms with E-state index < -0.39 is 10.8 Å². The van der Waals surface area contributed by atoms with Crippen molar-refractivity contribution in [2.75, 3.05) is 0 Å². The Labute approximate surface area is 419 Å². The molecule has 0 aliphatic heterocycles. The van der Waals surface area contributed by atoms with Crippen molar-refractivity contribution in [3.8, 4) is 0 Å². The molecule has 0 heteroatoms. The maximum Gasteiger partial charge on any atom is 0.0457 e. The van der Waals surface area contributed by atoms with Crippen LogP contribution < -0.4 is 0 Å². The lowest BCUT2D eigenvalue weighted by Gasteiger charge is -2.63. The highest BCUT2D eigenvalue weighted by Gasteiger charge is 2.75. The first-order chi connectivity index (χ1) is 37.6. The van der Waals surface area contributed by atoms with Crippen LogP contribution >= 0.6 is 0 Å². The molecule has 1 unspecified atom stereocenters. The summed E-state index contributed by atoms with van der Waals surface area (Å²) >= 11 is 0. The molecular weight excluding hydrogens is 913 g/mol. The number of hydrogen-bond donors (Lipinski definition) is 0. The van der Waals surface area contributed by atoms with Gasteiger partial charge in [0.1, 0.15) is 0 Å². The summed E-state index contributed by atoms with van der Waals surface area (Å²) in [5.41, 5.74) is 8.88. The molecule has 76 heavy (non-hydrogen) atoms. The molecule has 2 spiro atoms. The molecule has 0 saturated carbocycles. The van der Waals surface area contributed by atoms with Crippen LogP contribution in [0.4, 0.5) is 0 Å². The van der Waals surface area contributed by atoms with Gasteiger partial charge in [0.2, 0.25) is 0 Å². The molecule has 324 valence electrons. The summed E-state index contributed by atoms with van der Waals surface area (Å²) in [4.78, 5) is 0.